The highest BCUT2D eigenvalue weighted by molar-refractivity contribution is 5.97. The summed E-state index contributed by atoms with van der Waals surface area (Å²) in [6, 6.07) is 13.5. The molecule has 3 aromatic carbocycles. The molecule has 176 valence electrons. The summed E-state index contributed by atoms with van der Waals surface area (Å²) < 4.78 is 48.1. The summed E-state index contributed by atoms with van der Waals surface area (Å²) in [7, 11) is 0. The van der Waals surface area contributed by atoms with E-state index in [9.17, 15) is 4.39 Å². The molecule has 3 heterocycles. The molecule has 8 heteroatoms. The SMILES string of the molecule is Cc1c[nH]c2c(-c3c(F)cc4c(c3F)-n3c(Cc5ccccc5)nnc3C(C)(C)N4)cc(F)cc12. The van der Waals surface area contributed by atoms with Crippen molar-refractivity contribution in [2.45, 2.75) is 32.7 Å². The molecule has 5 nitrogen and oxygen atoms in total. The largest absolute Gasteiger partial charge is 0.371 e. The molecular formula is C27H22F3N5. The van der Waals surface area contributed by atoms with Crippen LogP contribution >= 0.6 is 0 Å². The van der Waals surface area contributed by atoms with E-state index in [1.54, 1.807) is 10.8 Å². The Morgan fingerprint density at radius 2 is 1.77 bits per heavy atom. The van der Waals surface area contributed by atoms with Crippen LogP contribution < -0.4 is 5.32 Å². The van der Waals surface area contributed by atoms with Gasteiger partial charge in [0.2, 0.25) is 0 Å². The molecule has 0 radical (unpaired) electrons. The Labute approximate surface area is 199 Å². The maximum absolute atomic E-state index is 16.4. The van der Waals surface area contributed by atoms with Crippen LogP contribution in [-0.4, -0.2) is 19.7 Å². The van der Waals surface area contributed by atoms with Crippen molar-refractivity contribution < 1.29 is 13.2 Å². The summed E-state index contributed by atoms with van der Waals surface area (Å²) >= 11 is 0. The van der Waals surface area contributed by atoms with Gasteiger partial charge in [-0.05, 0) is 44.0 Å². The summed E-state index contributed by atoms with van der Waals surface area (Å²) in [5.41, 5.74) is 1.73. The average molecular weight is 474 g/mol. The Bertz CT molecular complexity index is 1620. The molecule has 2 aromatic heterocycles. The number of H-pyrrole nitrogens is 1. The first kappa shape index (κ1) is 21.5. The zero-order valence-corrected chi connectivity index (χ0v) is 19.4. The number of halogens is 3. The number of anilines is 1. The van der Waals surface area contributed by atoms with Crippen LogP contribution in [0.5, 0.6) is 0 Å². The van der Waals surface area contributed by atoms with Gasteiger partial charge in [0, 0.05) is 29.6 Å². The van der Waals surface area contributed by atoms with Gasteiger partial charge in [-0.25, -0.2) is 13.2 Å². The van der Waals surface area contributed by atoms with Crippen LogP contribution in [0.2, 0.25) is 0 Å². The van der Waals surface area contributed by atoms with Gasteiger partial charge in [0.15, 0.2) is 11.6 Å². The predicted molar refractivity (Wildman–Crippen MR) is 129 cm³/mol. The third kappa shape index (κ3) is 3.24. The van der Waals surface area contributed by atoms with Crippen LogP contribution in [0.3, 0.4) is 0 Å². The molecule has 0 atom stereocenters. The van der Waals surface area contributed by atoms with Crippen molar-refractivity contribution >= 4 is 16.6 Å². The van der Waals surface area contributed by atoms with Crippen LogP contribution in [0, 0.1) is 24.4 Å². The molecular weight excluding hydrogens is 451 g/mol. The zero-order chi connectivity index (χ0) is 24.5. The second-order valence-corrected chi connectivity index (χ2v) is 9.48. The Morgan fingerprint density at radius 1 is 1.00 bits per heavy atom. The van der Waals surface area contributed by atoms with Crippen LogP contribution in [-0.2, 0) is 12.0 Å². The Balaban J connectivity index is 1.63. The van der Waals surface area contributed by atoms with Crippen LogP contribution in [0.15, 0.2) is 54.7 Å². The van der Waals surface area contributed by atoms with E-state index in [0.717, 1.165) is 17.2 Å². The second kappa shape index (κ2) is 7.46. The van der Waals surface area contributed by atoms with Gasteiger partial charge in [-0.3, -0.25) is 4.57 Å². The van der Waals surface area contributed by atoms with Crippen molar-refractivity contribution in [3.05, 3.63) is 95.0 Å². The fraction of sp³-hybridized carbons (Fsp3) is 0.185. The van der Waals surface area contributed by atoms with Crippen molar-refractivity contribution in [3.8, 4) is 16.8 Å². The maximum atomic E-state index is 16.4. The van der Waals surface area contributed by atoms with Crippen molar-refractivity contribution in [1.82, 2.24) is 19.7 Å². The first-order valence-corrected chi connectivity index (χ1v) is 11.3. The molecule has 0 saturated carbocycles. The van der Waals surface area contributed by atoms with Gasteiger partial charge in [-0.1, -0.05) is 30.3 Å². The van der Waals surface area contributed by atoms with E-state index in [0.29, 0.717) is 29.0 Å². The van der Waals surface area contributed by atoms with Crippen LogP contribution in [0.25, 0.3) is 27.7 Å². The number of nitrogens with one attached hydrogen (secondary N) is 2. The predicted octanol–water partition coefficient (Wildman–Crippen LogP) is 6.39. The third-order valence-corrected chi connectivity index (χ3v) is 6.59. The number of aryl methyl sites for hydroxylation is 1. The molecule has 0 fully saturated rings. The van der Waals surface area contributed by atoms with E-state index in [1.807, 2.05) is 51.1 Å². The molecule has 35 heavy (non-hydrogen) atoms. The summed E-state index contributed by atoms with van der Waals surface area (Å²) in [5.74, 6) is -1.13. The van der Waals surface area contributed by atoms with Gasteiger partial charge in [-0.2, -0.15) is 0 Å². The van der Waals surface area contributed by atoms with Gasteiger partial charge >= 0.3 is 0 Å². The summed E-state index contributed by atoms with van der Waals surface area (Å²) in [4.78, 5) is 3.04. The number of hydrogen-bond donors (Lipinski definition) is 2. The lowest BCUT2D eigenvalue weighted by molar-refractivity contribution is 0.516. The summed E-state index contributed by atoms with van der Waals surface area (Å²) in [6.45, 7) is 5.57. The average Bonchev–Trinajstić information content (AvgIpc) is 3.38. The fourth-order valence-corrected chi connectivity index (χ4v) is 4.94. The molecule has 0 saturated heterocycles. The highest BCUT2D eigenvalue weighted by Gasteiger charge is 2.38. The van der Waals surface area contributed by atoms with E-state index in [4.69, 9.17) is 0 Å². The van der Waals surface area contributed by atoms with Crippen molar-refractivity contribution in [3.63, 3.8) is 0 Å². The van der Waals surface area contributed by atoms with Gasteiger partial charge in [0.05, 0.1) is 22.3 Å². The quantitative estimate of drug-likeness (QED) is 0.319. The monoisotopic (exact) mass is 473 g/mol. The van der Waals surface area contributed by atoms with Crippen LogP contribution in [0.1, 0.15) is 36.6 Å². The Kier molecular flexibility index (Phi) is 4.58. The minimum atomic E-state index is -0.808. The normalized spacial score (nSPS) is 14.0. The standard InChI is InChI=1S/C27H22F3N5/c1-14-13-31-24-17(14)10-16(28)11-18(24)22-19(29)12-20-25(23(22)30)35-21(9-15-7-5-4-6-8-15)33-34-26(35)27(2,3)32-20/h4-8,10-13,31-32H,9H2,1-3H3. The second-order valence-electron chi connectivity index (χ2n) is 9.48. The maximum Gasteiger partial charge on any atom is 0.162 e. The number of nitrogens with zero attached hydrogens (tertiary/aromatic N) is 3. The fourth-order valence-electron chi connectivity index (χ4n) is 4.94. The minimum Gasteiger partial charge on any atom is -0.371 e. The first-order chi connectivity index (χ1) is 16.7. The van der Waals surface area contributed by atoms with E-state index in [1.165, 1.54) is 12.1 Å². The van der Waals surface area contributed by atoms with Crippen molar-refractivity contribution in [2.24, 2.45) is 0 Å². The molecule has 0 spiro atoms. The van der Waals surface area contributed by atoms with Gasteiger partial charge in [0.25, 0.3) is 0 Å². The Morgan fingerprint density at radius 3 is 2.54 bits per heavy atom. The van der Waals surface area contributed by atoms with Gasteiger partial charge in [0.1, 0.15) is 23.1 Å². The lowest BCUT2D eigenvalue weighted by Gasteiger charge is -2.34. The lowest BCUT2D eigenvalue weighted by Crippen LogP contribution is -2.36. The molecule has 1 aliphatic heterocycles. The van der Waals surface area contributed by atoms with E-state index in [-0.39, 0.29) is 22.5 Å². The topological polar surface area (TPSA) is 58.5 Å². The van der Waals surface area contributed by atoms with Crippen LogP contribution in [0.4, 0.5) is 18.9 Å². The Hall–Kier alpha value is -4.07. The molecule has 5 aromatic rings. The molecule has 6 rings (SSSR count). The number of hydrogen-bond acceptors (Lipinski definition) is 3. The smallest absolute Gasteiger partial charge is 0.162 e. The third-order valence-electron chi connectivity index (χ3n) is 6.59. The molecule has 0 bridgehead atoms. The number of rotatable bonds is 3. The number of fused-ring (bicyclic) bond motifs is 4. The summed E-state index contributed by atoms with van der Waals surface area (Å²) in [5, 5.41) is 12.5. The van der Waals surface area contributed by atoms with Gasteiger partial charge < -0.3 is 10.3 Å². The molecule has 0 aliphatic carbocycles. The minimum absolute atomic E-state index is 0.118. The van der Waals surface area contributed by atoms with Gasteiger partial charge in [-0.15, -0.1) is 10.2 Å². The lowest BCUT2D eigenvalue weighted by atomic mass is 9.95. The first-order valence-electron chi connectivity index (χ1n) is 11.3. The van der Waals surface area contributed by atoms with Crippen molar-refractivity contribution in [1.29, 1.82) is 0 Å². The van der Waals surface area contributed by atoms with E-state index >= 15 is 8.78 Å². The number of aromatic amines is 1. The summed E-state index contributed by atoms with van der Waals surface area (Å²) in [6.07, 6.45) is 2.11. The number of aromatic nitrogens is 4. The molecule has 0 unspecified atom stereocenters. The highest BCUT2D eigenvalue weighted by atomic mass is 19.1. The van der Waals surface area contributed by atoms with E-state index < -0.39 is 23.0 Å². The number of benzene rings is 3. The zero-order valence-electron chi connectivity index (χ0n) is 19.4. The molecule has 0 amide bonds. The van der Waals surface area contributed by atoms with E-state index in [2.05, 4.69) is 20.5 Å². The molecule has 1 aliphatic rings. The highest BCUT2D eigenvalue weighted by Crippen LogP contribution is 2.44. The molecule has 2 N–H and O–H groups in total. The van der Waals surface area contributed by atoms with Crippen molar-refractivity contribution in [2.75, 3.05) is 5.32 Å².